The molecule has 2 aromatic heterocycles. The average molecular weight is 359 g/mol. The van der Waals surface area contributed by atoms with E-state index in [1.54, 1.807) is 10.7 Å². The van der Waals surface area contributed by atoms with E-state index in [0.29, 0.717) is 17.5 Å². The van der Waals surface area contributed by atoms with Crippen molar-refractivity contribution in [3.8, 4) is 5.69 Å². The highest BCUT2D eigenvalue weighted by Gasteiger charge is 2.09. The Kier molecular flexibility index (Phi) is 5.11. The lowest BCUT2D eigenvalue weighted by molar-refractivity contribution is 0.767. The molecule has 3 rings (SSSR count). The highest BCUT2D eigenvalue weighted by molar-refractivity contribution is 6.32. The van der Waals surface area contributed by atoms with Gasteiger partial charge >= 0.3 is 0 Å². The van der Waals surface area contributed by atoms with Crippen LogP contribution in [-0.4, -0.2) is 39.1 Å². The second kappa shape index (κ2) is 7.45. The quantitative estimate of drug-likeness (QED) is 0.623. The Morgan fingerprint density at radius 1 is 1.16 bits per heavy atom. The highest BCUT2D eigenvalue weighted by Crippen LogP contribution is 2.25. The van der Waals surface area contributed by atoms with Crippen molar-refractivity contribution in [1.29, 1.82) is 0 Å². The van der Waals surface area contributed by atoms with Gasteiger partial charge < -0.3 is 16.0 Å². The molecule has 1 aromatic carbocycles. The first-order chi connectivity index (χ1) is 12.1. The summed E-state index contributed by atoms with van der Waals surface area (Å²) in [6.45, 7) is 2.55. The second-order valence-electron chi connectivity index (χ2n) is 5.44. The van der Waals surface area contributed by atoms with Gasteiger partial charge in [-0.1, -0.05) is 16.8 Å². The van der Waals surface area contributed by atoms with Crippen LogP contribution in [-0.2, 0) is 6.54 Å². The van der Waals surface area contributed by atoms with Crippen molar-refractivity contribution in [1.82, 2.24) is 30.3 Å². The van der Waals surface area contributed by atoms with Gasteiger partial charge in [0.15, 0.2) is 0 Å². The van der Waals surface area contributed by atoms with Gasteiger partial charge in [-0.2, -0.15) is 4.98 Å². The number of hydrogen-bond acceptors (Lipinski definition) is 7. The van der Waals surface area contributed by atoms with Gasteiger partial charge in [-0.3, -0.25) is 0 Å². The third kappa shape index (κ3) is 4.04. The summed E-state index contributed by atoms with van der Waals surface area (Å²) in [7, 11) is 3.68. The van der Waals surface area contributed by atoms with Crippen LogP contribution in [0, 0.1) is 6.92 Å². The van der Waals surface area contributed by atoms with Crippen molar-refractivity contribution in [2.45, 2.75) is 13.5 Å². The summed E-state index contributed by atoms with van der Waals surface area (Å²) in [5.74, 6) is 1.25. The van der Waals surface area contributed by atoms with Crippen LogP contribution >= 0.6 is 11.6 Å². The van der Waals surface area contributed by atoms with Gasteiger partial charge in [-0.15, -0.1) is 5.10 Å². The Morgan fingerprint density at radius 3 is 2.76 bits per heavy atom. The fourth-order valence-electron chi connectivity index (χ4n) is 2.33. The van der Waals surface area contributed by atoms with Crippen LogP contribution in [0.3, 0.4) is 0 Å². The van der Waals surface area contributed by atoms with Crippen LogP contribution in [0.5, 0.6) is 0 Å². The van der Waals surface area contributed by atoms with E-state index in [1.807, 2.05) is 45.4 Å². The zero-order chi connectivity index (χ0) is 17.8. The Bertz CT molecular complexity index is 876. The predicted molar refractivity (Wildman–Crippen MR) is 98.7 cm³/mol. The smallest absolute Gasteiger partial charge is 0.229 e. The van der Waals surface area contributed by atoms with E-state index in [0.717, 1.165) is 28.6 Å². The van der Waals surface area contributed by atoms with Crippen molar-refractivity contribution in [2.75, 3.05) is 24.7 Å². The molecule has 0 bridgehead atoms. The summed E-state index contributed by atoms with van der Waals surface area (Å²) in [5, 5.41) is 18.1. The zero-order valence-electron chi connectivity index (χ0n) is 14.2. The highest BCUT2D eigenvalue weighted by atomic mass is 35.5. The van der Waals surface area contributed by atoms with E-state index < -0.39 is 0 Å². The summed E-state index contributed by atoms with van der Waals surface area (Å²) in [4.78, 5) is 8.78. The van der Waals surface area contributed by atoms with Gasteiger partial charge in [0, 0.05) is 31.0 Å². The van der Waals surface area contributed by atoms with Gasteiger partial charge in [0.25, 0.3) is 0 Å². The molecular formula is C16H19ClN8. The molecule has 2 heterocycles. The predicted octanol–water partition coefficient (Wildman–Crippen LogP) is 2.52. The largest absolute Gasteiger partial charge is 0.373 e. The Morgan fingerprint density at radius 2 is 2.00 bits per heavy atom. The first-order valence-electron chi connectivity index (χ1n) is 7.75. The van der Waals surface area contributed by atoms with Crippen molar-refractivity contribution in [3.63, 3.8) is 0 Å². The molecule has 0 spiro atoms. The maximum Gasteiger partial charge on any atom is 0.229 e. The SMILES string of the molecule is CNCc1cn(-c2cc(Nc3nc(C)cc(NC)n3)ccc2Cl)nn1. The molecule has 0 fully saturated rings. The molecule has 0 aliphatic carbocycles. The Labute approximate surface area is 150 Å². The van der Waals surface area contributed by atoms with Gasteiger partial charge in [-0.25, -0.2) is 9.67 Å². The lowest BCUT2D eigenvalue weighted by Crippen LogP contribution is -2.05. The molecule has 0 radical (unpaired) electrons. The van der Waals surface area contributed by atoms with Crippen LogP contribution in [0.1, 0.15) is 11.4 Å². The van der Waals surface area contributed by atoms with E-state index in [1.165, 1.54) is 0 Å². The molecule has 0 saturated carbocycles. The third-order valence-corrected chi connectivity index (χ3v) is 3.78. The van der Waals surface area contributed by atoms with Crippen molar-refractivity contribution < 1.29 is 0 Å². The first-order valence-corrected chi connectivity index (χ1v) is 8.13. The lowest BCUT2D eigenvalue weighted by Gasteiger charge is -2.10. The lowest BCUT2D eigenvalue weighted by atomic mass is 10.2. The Balaban J connectivity index is 1.89. The molecule has 130 valence electrons. The first kappa shape index (κ1) is 17.1. The summed E-state index contributed by atoms with van der Waals surface area (Å²) in [6, 6.07) is 7.41. The number of nitrogens with one attached hydrogen (secondary N) is 3. The molecule has 0 aliphatic heterocycles. The average Bonchev–Trinajstić information content (AvgIpc) is 3.05. The molecule has 0 unspecified atom stereocenters. The standard InChI is InChI=1S/C16H19ClN8/c1-10-6-15(19-3)22-16(20-10)21-11-4-5-13(17)14(7-11)25-9-12(8-18-2)23-24-25/h4-7,9,18H,8H2,1-3H3,(H2,19,20,21,22). The van der Waals surface area contributed by atoms with Crippen LogP contribution in [0.25, 0.3) is 5.69 Å². The monoisotopic (exact) mass is 358 g/mol. The number of nitrogens with zero attached hydrogens (tertiary/aromatic N) is 5. The molecule has 25 heavy (non-hydrogen) atoms. The summed E-state index contributed by atoms with van der Waals surface area (Å²) < 4.78 is 1.65. The number of hydrogen-bond donors (Lipinski definition) is 3. The molecule has 8 nitrogen and oxygen atoms in total. The van der Waals surface area contributed by atoms with Gasteiger partial charge in [0.2, 0.25) is 5.95 Å². The number of anilines is 3. The number of aryl methyl sites for hydroxylation is 1. The summed E-state index contributed by atoms with van der Waals surface area (Å²) >= 11 is 6.32. The number of aromatic nitrogens is 5. The number of benzene rings is 1. The summed E-state index contributed by atoms with van der Waals surface area (Å²) in [5.41, 5.74) is 3.22. The normalized spacial score (nSPS) is 10.7. The topological polar surface area (TPSA) is 92.6 Å². The molecule has 9 heteroatoms. The van der Waals surface area contributed by atoms with Gasteiger partial charge in [-0.05, 0) is 32.2 Å². The van der Waals surface area contributed by atoms with E-state index in [4.69, 9.17) is 11.6 Å². The maximum atomic E-state index is 6.32. The van der Waals surface area contributed by atoms with Crippen LogP contribution in [0.2, 0.25) is 5.02 Å². The fraction of sp³-hybridized carbons (Fsp3) is 0.250. The van der Waals surface area contributed by atoms with E-state index in [-0.39, 0.29) is 0 Å². The molecular weight excluding hydrogens is 340 g/mol. The molecule has 3 aromatic rings. The van der Waals surface area contributed by atoms with Crippen molar-refractivity contribution in [3.05, 3.63) is 46.9 Å². The Hall–Kier alpha value is -2.71. The van der Waals surface area contributed by atoms with E-state index in [9.17, 15) is 0 Å². The summed E-state index contributed by atoms with van der Waals surface area (Å²) in [6.07, 6.45) is 1.84. The molecule has 0 saturated heterocycles. The van der Waals surface area contributed by atoms with Crippen molar-refractivity contribution >= 4 is 29.1 Å². The van der Waals surface area contributed by atoms with Gasteiger partial charge in [0.05, 0.1) is 22.6 Å². The minimum atomic E-state index is 0.507. The molecule has 3 N–H and O–H groups in total. The number of rotatable bonds is 6. The second-order valence-corrected chi connectivity index (χ2v) is 5.85. The van der Waals surface area contributed by atoms with E-state index in [2.05, 4.69) is 36.2 Å². The third-order valence-electron chi connectivity index (χ3n) is 3.46. The minimum absolute atomic E-state index is 0.507. The fourth-order valence-corrected chi connectivity index (χ4v) is 2.53. The van der Waals surface area contributed by atoms with E-state index >= 15 is 0 Å². The molecule has 0 amide bonds. The van der Waals surface area contributed by atoms with Gasteiger partial charge in [0.1, 0.15) is 5.82 Å². The van der Waals surface area contributed by atoms with Crippen LogP contribution in [0.4, 0.5) is 17.5 Å². The minimum Gasteiger partial charge on any atom is -0.373 e. The molecule has 0 atom stereocenters. The molecule has 0 aliphatic rings. The zero-order valence-corrected chi connectivity index (χ0v) is 15.0. The maximum absolute atomic E-state index is 6.32. The number of halogens is 1. The van der Waals surface area contributed by atoms with Crippen LogP contribution < -0.4 is 16.0 Å². The van der Waals surface area contributed by atoms with Crippen molar-refractivity contribution in [2.24, 2.45) is 0 Å². The van der Waals surface area contributed by atoms with Crippen LogP contribution in [0.15, 0.2) is 30.5 Å².